The summed E-state index contributed by atoms with van der Waals surface area (Å²) in [4.78, 5) is 19.0. The zero-order valence-corrected chi connectivity index (χ0v) is 18.9. The van der Waals surface area contributed by atoms with Crippen molar-refractivity contribution in [2.75, 3.05) is 13.1 Å². The molecule has 0 radical (unpaired) electrons. The number of fused-ring (bicyclic) bond motifs is 2. The van der Waals surface area contributed by atoms with Crippen LogP contribution in [0.25, 0.3) is 0 Å². The molecule has 2 bridgehead atoms. The van der Waals surface area contributed by atoms with Gasteiger partial charge in [-0.1, -0.05) is 18.2 Å². The SMILES string of the molecule is CCNC(=NCC(O)c1ccccc1F)NC1CC2CCC(C1)N2C(=O)OC(C)(C)C. The number of carbonyl (C=O) groups excluding carboxylic acids is 1. The van der Waals surface area contributed by atoms with E-state index >= 15 is 0 Å². The molecule has 1 aromatic carbocycles. The van der Waals surface area contributed by atoms with Crippen molar-refractivity contribution in [1.29, 1.82) is 0 Å². The standard InChI is InChI=1S/C23H35FN4O3/c1-5-25-21(26-14-20(29)18-8-6-7-9-19(18)24)27-15-12-16-10-11-17(13-15)28(16)22(30)31-23(2,3)4/h6-9,15-17,20,29H,5,10-14H2,1-4H3,(H2,25,26,27). The fourth-order valence-corrected chi connectivity index (χ4v) is 4.44. The maximum absolute atomic E-state index is 13.9. The fourth-order valence-electron chi connectivity index (χ4n) is 4.44. The van der Waals surface area contributed by atoms with Gasteiger partial charge in [0.05, 0.1) is 6.54 Å². The molecule has 1 amide bonds. The molecule has 8 heteroatoms. The van der Waals surface area contributed by atoms with Crippen molar-refractivity contribution in [3.05, 3.63) is 35.6 Å². The van der Waals surface area contributed by atoms with Gasteiger partial charge in [0.2, 0.25) is 0 Å². The molecular weight excluding hydrogens is 399 g/mol. The molecule has 0 saturated carbocycles. The van der Waals surface area contributed by atoms with Crippen LogP contribution in [0.3, 0.4) is 0 Å². The number of aliphatic hydroxyl groups is 1. The molecule has 2 fully saturated rings. The van der Waals surface area contributed by atoms with Gasteiger partial charge in [-0.15, -0.1) is 0 Å². The average Bonchev–Trinajstić information content (AvgIpc) is 2.96. The summed E-state index contributed by atoms with van der Waals surface area (Å²) in [5.41, 5.74) is -0.263. The van der Waals surface area contributed by atoms with Crippen molar-refractivity contribution in [3.63, 3.8) is 0 Å². The number of rotatable bonds is 5. The third-order valence-electron chi connectivity index (χ3n) is 5.71. The van der Waals surface area contributed by atoms with Gasteiger partial charge in [0.1, 0.15) is 17.5 Å². The predicted octanol–water partition coefficient (Wildman–Crippen LogP) is 3.34. The molecule has 2 heterocycles. The smallest absolute Gasteiger partial charge is 0.410 e. The van der Waals surface area contributed by atoms with Crippen molar-refractivity contribution in [2.45, 2.75) is 83.2 Å². The van der Waals surface area contributed by atoms with Gasteiger partial charge in [0.15, 0.2) is 5.96 Å². The van der Waals surface area contributed by atoms with Crippen LogP contribution in [-0.4, -0.2) is 58.9 Å². The summed E-state index contributed by atoms with van der Waals surface area (Å²) in [6.45, 7) is 8.35. The van der Waals surface area contributed by atoms with Gasteiger partial charge in [0.25, 0.3) is 0 Å². The first-order chi connectivity index (χ1) is 14.7. The molecule has 2 saturated heterocycles. The number of guanidine groups is 1. The maximum atomic E-state index is 13.9. The topological polar surface area (TPSA) is 86.2 Å². The highest BCUT2D eigenvalue weighted by Crippen LogP contribution is 2.36. The van der Waals surface area contributed by atoms with Crippen LogP contribution in [0.15, 0.2) is 29.3 Å². The van der Waals surface area contributed by atoms with E-state index in [0.717, 1.165) is 25.7 Å². The Morgan fingerprint density at radius 3 is 2.52 bits per heavy atom. The number of piperidine rings is 1. The van der Waals surface area contributed by atoms with Crippen molar-refractivity contribution in [1.82, 2.24) is 15.5 Å². The number of aliphatic imine (C=N–C) groups is 1. The van der Waals surface area contributed by atoms with E-state index in [1.165, 1.54) is 6.07 Å². The van der Waals surface area contributed by atoms with E-state index in [2.05, 4.69) is 15.6 Å². The van der Waals surface area contributed by atoms with Gasteiger partial charge in [-0.25, -0.2) is 9.18 Å². The second kappa shape index (κ2) is 9.85. The Hall–Kier alpha value is -2.35. The first-order valence-electron chi connectivity index (χ1n) is 11.2. The average molecular weight is 435 g/mol. The molecule has 7 nitrogen and oxygen atoms in total. The Bertz CT molecular complexity index is 781. The van der Waals surface area contributed by atoms with E-state index in [4.69, 9.17) is 4.74 Å². The first kappa shape index (κ1) is 23.3. The zero-order valence-electron chi connectivity index (χ0n) is 18.9. The van der Waals surface area contributed by atoms with E-state index in [9.17, 15) is 14.3 Å². The Kier molecular flexibility index (Phi) is 7.41. The summed E-state index contributed by atoms with van der Waals surface area (Å²) in [5.74, 6) is 0.155. The van der Waals surface area contributed by atoms with E-state index in [-0.39, 0.29) is 36.3 Å². The van der Waals surface area contributed by atoms with Gasteiger partial charge < -0.3 is 25.4 Å². The summed E-state index contributed by atoms with van der Waals surface area (Å²) in [6, 6.07) is 6.66. The largest absolute Gasteiger partial charge is 0.444 e. The molecule has 2 aliphatic heterocycles. The van der Waals surface area contributed by atoms with Crippen molar-refractivity contribution < 1.29 is 19.0 Å². The molecule has 31 heavy (non-hydrogen) atoms. The molecular formula is C23H35FN4O3. The van der Waals surface area contributed by atoms with Crippen LogP contribution in [0.4, 0.5) is 9.18 Å². The third-order valence-corrected chi connectivity index (χ3v) is 5.71. The normalized spacial score (nSPS) is 24.6. The van der Waals surface area contributed by atoms with Crippen LogP contribution < -0.4 is 10.6 Å². The number of aliphatic hydroxyl groups excluding tert-OH is 1. The second-order valence-corrected chi connectivity index (χ2v) is 9.34. The predicted molar refractivity (Wildman–Crippen MR) is 118 cm³/mol. The van der Waals surface area contributed by atoms with Crippen LogP contribution in [0.5, 0.6) is 0 Å². The summed E-state index contributed by atoms with van der Waals surface area (Å²) >= 11 is 0. The van der Waals surface area contributed by atoms with E-state index in [0.29, 0.717) is 12.5 Å². The number of ether oxygens (including phenoxy) is 1. The molecule has 0 spiro atoms. The molecule has 3 rings (SSSR count). The lowest BCUT2D eigenvalue weighted by molar-refractivity contribution is 0.00544. The molecule has 0 aliphatic carbocycles. The lowest BCUT2D eigenvalue weighted by Crippen LogP contribution is -2.55. The number of nitrogens with one attached hydrogen (secondary N) is 2. The van der Waals surface area contributed by atoms with Crippen LogP contribution in [0.2, 0.25) is 0 Å². The molecule has 172 valence electrons. The summed E-state index contributed by atoms with van der Waals surface area (Å²) in [6.07, 6.45) is 2.34. The lowest BCUT2D eigenvalue weighted by Gasteiger charge is -2.40. The highest BCUT2D eigenvalue weighted by molar-refractivity contribution is 5.80. The maximum Gasteiger partial charge on any atom is 0.410 e. The molecule has 3 unspecified atom stereocenters. The van der Waals surface area contributed by atoms with E-state index in [1.54, 1.807) is 18.2 Å². The second-order valence-electron chi connectivity index (χ2n) is 9.34. The number of nitrogens with zero attached hydrogens (tertiary/aromatic N) is 2. The zero-order chi connectivity index (χ0) is 22.6. The van der Waals surface area contributed by atoms with Gasteiger partial charge in [-0.3, -0.25) is 4.99 Å². The monoisotopic (exact) mass is 434 g/mol. The number of benzene rings is 1. The highest BCUT2D eigenvalue weighted by atomic mass is 19.1. The van der Waals surface area contributed by atoms with Crippen LogP contribution in [0, 0.1) is 5.82 Å². The summed E-state index contributed by atoms with van der Waals surface area (Å²) < 4.78 is 19.5. The van der Waals surface area contributed by atoms with Crippen LogP contribution >= 0.6 is 0 Å². The Morgan fingerprint density at radius 1 is 1.29 bits per heavy atom. The van der Waals surface area contributed by atoms with E-state index < -0.39 is 17.5 Å². The van der Waals surface area contributed by atoms with Crippen molar-refractivity contribution >= 4 is 12.1 Å². The molecule has 3 N–H and O–H groups in total. The van der Waals surface area contributed by atoms with Gasteiger partial charge in [-0.05, 0) is 59.4 Å². The quantitative estimate of drug-likeness (QED) is 0.489. The van der Waals surface area contributed by atoms with Crippen molar-refractivity contribution in [2.24, 2.45) is 4.99 Å². The summed E-state index contributed by atoms with van der Waals surface area (Å²) in [5, 5.41) is 17.0. The molecule has 2 aliphatic rings. The van der Waals surface area contributed by atoms with E-state index in [1.807, 2.05) is 32.6 Å². The minimum atomic E-state index is -1.01. The number of hydrogen-bond acceptors (Lipinski definition) is 4. The van der Waals surface area contributed by atoms with Crippen molar-refractivity contribution in [3.8, 4) is 0 Å². The fraction of sp³-hybridized carbons (Fsp3) is 0.652. The van der Waals surface area contributed by atoms with Gasteiger partial charge in [0, 0.05) is 30.2 Å². The number of hydrogen-bond donors (Lipinski definition) is 3. The lowest BCUT2D eigenvalue weighted by atomic mass is 9.98. The van der Waals surface area contributed by atoms with Crippen LogP contribution in [-0.2, 0) is 4.74 Å². The number of carbonyl (C=O) groups is 1. The number of amides is 1. The van der Waals surface area contributed by atoms with Crippen LogP contribution in [0.1, 0.15) is 65.0 Å². The highest BCUT2D eigenvalue weighted by Gasteiger charge is 2.45. The Labute approximate surface area is 184 Å². The first-order valence-corrected chi connectivity index (χ1v) is 11.2. The third kappa shape index (κ3) is 6.09. The molecule has 0 aromatic heterocycles. The minimum Gasteiger partial charge on any atom is -0.444 e. The Balaban J connectivity index is 1.61. The molecule has 1 aromatic rings. The van der Waals surface area contributed by atoms with Gasteiger partial charge in [-0.2, -0.15) is 0 Å². The Morgan fingerprint density at radius 2 is 1.94 bits per heavy atom. The van der Waals surface area contributed by atoms with Gasteiger partial charge >= 0.3 is 6.09 Å². The molecule has 3 atom stereocenters. The summed E-state index contributed by atoms with van der Waals surface area (Å²) in [7, 11) is 0. The number of halogens is 1. The minimum absolute atomic E-state index is 0.0554.